The number of aliphatic hydroxyl groups excluding tert-OH is 2. The SMILES string of the molecule is COS(=O)(=O)OCC(O)CO. The largest absolute Gasteiger partial charge is 0.399 e. The lowest BCUT2D eigenvalue weighted by atomic mass is 10.4. The summed E-state index contributed by atoms with van der Waals surface area (Å²) in [5, 5.41) is 16.9. The highest BCUT2D eigenvalue weighted by Gasteiger charge is 2.11. The molecule has 0 amide bonds. The minimum atomic E-state index is -4.00. The Morgan fingerprint density at radius 3 is 2.45 bits per heavy atom. The van der Waals surface area contributed by atoms with E-state index in [0.29, 0.717) is 0 Å². The Bertz CT molecular complexity index is 185. The molecule has 0 aliphatic rings. The second-order valence-electron chi connectivity index (χ2n) is 1.70. The van der Waals surface area contributed by atoms with E-state index in [1.54, 1.807) is 0 Å². The van der Waals surface area contributed by atoms with Gasteiger partial charge < -0.3 is 10.2 Å². The number of hydrogen-bond donors (Lipinski definition) is 2. The normalized spacial score (nSPS) is 14.8. The average Bonchev–Trinajstić information content (AvgIpc) is 2.00. The number of hydrogen-bond acceptors (Lipinski definition) is 6. The Morgan fingerprint density at radius 1 is 1.55 bits per heavy atom. The summed E-state index contributed by atoms with van der Waals surface area (Å²) in [4.78, 5) is 0. The predicted molar refractivity (Wildman–Crippen MR) is 35.0 cm³/mol. The summed E-state index contributed by atoms with van der Waals surface area (Å²) >= 11 is 0. The van der Waals surface area contributed by atoms with Crippen LogP contribution in [0.3, 0.4) is 0 Å². The van der Waals surface area contributed by atoms with Gasteiger partial charge in [-0.15, -0.1) is 0 Å². The van der Waals surface area contributed by atoms with Crippen LogP contribution in [0.15, 0.2) is 0 Å². The van der Waals surface area contributed by atoms with E-state index in [1.165, 1.54) is 0 Å². The maximum absolute atomic E-state index is 10.4. The molecule has 11 heavy (non-hydrogen) atoms. The fraction of sp³-hybridized carbons (Fsp3) is 1.00. The second kappa shape index (κ2) is 4.62. The zero-order chi connectivity index (χ0) is 8.91. The second-order valence-corrected chi connectivity index (χ2v) is 3.08. The van der Waals surface area contributed by atoms with Crippen LogP contribution >= 0.6 is 0 Å². The summed E-state index contributed by atoms with van der Waals surface area (Å²) in [5.74, 6) is 0. The van der Waals surface area contributed by atoms with E-state index in [-0.39, 0.29) is 0 Å². The zero-order valence-electron chi connectivity index (χ0n) is 5.93. The molecule has 6 nitrogen and oxygen atoms in total. The van der Waals surface area contributed by atoms with E-state index in [9.17, 15) is 8.42 Å². The smallest absolute Gasteiger partial charge is 0.394 e. The van der Waals surface area contributed by atoms with Crippen molar-refractivity contribution >= 4 is 10.4 Å². The van der Waals surface area contributed by atoms with Gasteiger partial charge in [0, 0.05) is 0 Å². The molecule has 0 fully saturated rings. The van der Waals surface area contributed by atoms with Gasteiger partial charge >= 0.3 is 10.4 Å². The molecule has 68 valence electrons. The molecular weight excluding hydrogens is 176 g/mol. The molecule has 0 aliphatic heterocycles. The van der Waals surface area contributed by atoms with Gasteiger partial charge in [0.15, 0.2) is 0 Å². The van der Waals surface area contributed by atoms with Crippen LogP contribution < -0.4 is 0 Å². The molecule has 2 N–H and O–H groups in total. The van der Waals surface area contributed by atoms with Crippen LogP contribution in [0, 0.1) is 0 Å². The monoisotopic (exact) mass is 186 g/mol. The lowest BCUT2D eigenvalue weighted by molar-refractivity contribution is 0.0503. The zero-order valence-corrected chi connectivity index (χ0v) is 6.74. The van der Waals surface area contributed by atoms with Gasteiger partial charge in [0.05, 0.1) is 20.3 Å². The van der Waals surface area contributed by atoms with Crippen LogP contribution in [0.4, 0.5) is 0 Å². The van der Waals surface area contributed by atoms with Crippen molar-refractivity contribution in [2.75, 3.05) is 20.3 Å². The van der Waals surface area contributed by atoms with Crippen molar-refractivity contribution in [3.63, 3.8) is 0 Å². The molecule has 0 spiro atoms. The Labute approximate surface area is 64.7 Å². The third-order valence-electron chi connectivity index (χ3n) is 0.820. The van der Waals surface area contributed by atoms with E-state index in [1.807, 2.05) is 0 Å². The first-order valence-corrected chi connectivity index (χ1v) is 4.09. The van der Waals surface area contributed by atoms with Crippen molar-refractivity contribution in [2.24, 2.45) is 0 Å². The fourth-order valence-corrected chi connectivity index (χ4v) is 0.683. The Morgan fingerprint density at radius 2 is 2.09 bits per heavy atom. The molecule has 0 aromatic rings. The molecule has 0 bridgehead atoms. The van der Waals surface area contributed by atoms with Gasteiger partial charge in [-0.2, -0.15) is 8.42 Å². The van der Waals surface area contributed by atoms with E-state index in [2.05, 4.69) is 8.37 Å². The van der Waals surface area contributed by atoms with Gasteiger partial charge in [-0.05, 0) is 0 Å². The number of rotatable bonds is 5. The lowest BCUT2D eigenvalue weighted by Crippen LogP contribution is -2.22. The highest BCUT2D eigenvalue weighted by atomic mass is 32.3. The van der Waals surface area contributed by atoms with Crippen molar-refractivity contribution in [1.29, 1.82) is 0 Å². The minimum absolute atomic E-state index is 0.507. The molecule has 0 rings (SSSR count). The van der Waals surface area contributed by atoms with E-state index >= 15 is 0 Å². The average molecular weight is 186 g/mol. The van der Waals surface area contributed by atoms with Crippen molar-refractivity contribution in [3.8, 4) is 0 Å². The van der Waals surface area contributed by atoms with Gasteiger partial charge in [0.25, 0.3) is 0 Å². The Balaban J connectivity index is 3.71. The highest BCUT2D eigenvalue weighted by molar-refractivity contribution is 7.81. The van der Waals surface area contributed by atoms with Crippen molar-refractivity contribution < 1.29 is 27.0 Å². The summed E-state index contributed by atoms with van der Waals surface area (Å²) in [5.41, 5.74) is 0. The molecule has 1 unspecified atom stereocenters. The maximum atomic E-state index is 10.4. The summed E-state index contributed by atoms with van der Waals surface area (Å²) in [6.45, 7) is -1.06. The maximum Gasteiger partial charge on any atom is 0.399 e. The Kier molecular flexibility index (Phi) is 4.54. The van der Waals surface area contributed by atoms with Gasteiger partial charge in [-0.1, -0.05) is 0 Å². The predicted octanol–water partition coefficient (Wildman–Crippen LogP) is -1.75. The molecule has 0 aromatic heterocycles. The first-order valence-electron chi connectivity index (χ1n) is 2.75. The van der Waals surface area contributed by atoms with Crippen LogP contribution in [-0.4, -0.2) is 45.1 Å². The van der Waals surface area contributed by atoms with Crippen LogP contribution in [0.2, 0.25) is 0 Å². The first-order chi connectivity index (χ1) is 5.02. The van der Waals surface area contributed by atoms with Crippen molar-refractivity contribution in [2.45, 2.75) is 6.10 Å². The third-order valence-corrected chi connectivity index (χ3v) is 1.65. The molecular formula is C4H10O6S. The van der Waals surface area contributed by atoms with Crippen LogP contribution in [0.1, 0.15) is 0 Å². The molecule has 0 saturated heterocycles. The van der Waals surface area contributed by atoms with Gasteiger partial charge in [-0.3, -0.25) is 4.18 Å². The molecule has 0 heterocycles. The fourth-order valence-electron chi connectivity index (χ4n) is 0.263. The van der Waals surface area contributed by atoms with Gasteiger partial charge in [0.2, 0.25) is 0 Å². The van der Waals surface area contributed by atoms with E-state index in [4.69, 9.17) is 10.2 Å². The quantitative estimate of drug-likeness (QED) is 0.528. The molecule has 0 saturated carbocycles. The topological polar surface area (TPSA) is 93.1 Å². The standard InChI is InChI=1S/C4H10O6S/c1-9-11(7,8)10-3-4(6)2-5/h4-6H,2-3H2,1H3. The summed E-state index contributed by atoms with van der Waals surface area (Å²) in [7, 11) is -3.06. The van der Waals surface area contributed by atoms with Crippen LogP contribution in [-0.2, 0) is 18.8 Å². The van der Waals surface area contributed by atoms with Crippen molar-refractivity contribution in [3.05, 3.63) is 0 Å². The van der Waals surface area contributed by atoms with E-state index in [0.717, 1.165) is 7.11 Å². The first kappa shape index (κ1) is 10.8. The number of aliphatic hydroxyl groups is 2. The molecule has 0 radical (unpaired) electrons. The van der Waals surface area contributed by atoms with Crippen molar-refractivity contribution in [1.82, 2.24) is 0 Å². The summed E-state index contributed by atoms with van der Waals surface area (Å²) in [6, 6.07) is 0. The van der Waals surface area contributed by atoms with Gasteiger partial charge in [-0.25, -0.2) is 4.18 Å². The molecule has 1 atom stereocenters. The van der Waals surface area contributed by atoms with Crippen LogP contribution in [0.25, 0.3) is 0 Å². The molecule has 0 aromatic carbocycles. The molecule has 0 aliphatic carbocycles. The lowest BCUT2D eigenvalue weighted by Gasteiger charge is -2.05. The summed E-state index contributed by atoms with van der Waals surface area (Å²) < 4.78 is 28.7. The Hall–Kier alpha value is -0.210. The third kappa shape index (κ3) is 5.10. The molecule has 7 heteroatoms. The minimum Gasteiger partial charge on any atom is -0.394 e. The van der Waals surface area contributed by atoms with Gasteiger partial charge in [0.1, 0.15) is 6.10 Å². The van der Waals surface area contributed by atoms with Crippen LogP contribution in [0.5, 0.6) is 0 Å². The summed E-state index contributed by atoms with van der Waals surface area (Å²) in [6.07, 6.45) is -1.21. The van der Waals surface area contributed by atoms with E-state index < -0.39 is 29.7 Å². The highest BCUT2D eigenvalue weighted by Crippen LogP contribution is 1.94.